The van der Waals surface area contributed by atoms with Crippen LogP contribution in [0.3, 0.4) is 0 Å². The SMILES string of the molecule is Cc1cc(N2CCCCC2)ccc1/C=C1/SC(=O)N(CC(=O)Nc2ccccc2Cl)C1=O. The zero-order valence-corrected chi connectivity index (χ0v) is 19.3. The first-order chi connectivity index (χ1) is 15.4. The van der Waals surface area contributed by atoms with Gasteiger partial charge in [-0.05, 0) is 79.4 Å². The van der Waals surface area contributed by atoms with Crippen LogP contribution in [0.2, 0.25) is 5.02 Å². The zero-order valence-electron chi connectivity index (χ0n) is 17.8. The Morgan fingerprint density at radius 3 is 2.59 bits per heavy atom. The molecule has 0 aromatic heterocycles. The minimum Gasteiger partial charge on any atom is -0.372 e. The number of carbonyl (C=O) groups is 3. The van der Waals surface area contributed by atoms with Crippen LogP contribution in [0.4, 0.5) is 16.2 Å². The van der Waals surface area contributed by atoms with Gasteiger partial charge in [-0.1, -0.05) is 29.8 Å². The van der Waals surface area contributed by atoms with Gasteiger partial charge in [0.2, 0.25) is 5.91 Å². The molecule has 0 atom stereocenters. The fourth-order valence-corrected chi connectivity index (χ4v) is 4.86. The summed E-state index contributed by atoms with van der Waals surface area (Å²) in [7, 11) is 0. The lowest BCUT2D eigenvalue weighted by Gasteiger charge is -2.29. The number of hydrogen-bond acceptors (Lipinski definition) is 5. The summed E-state index contributed by atoms with van der Waals surface area (Å²) in [6, 6.07) is 13.0. The molecule has 0 spiro atoms. The van der Waals surface area contributed by atoms with Gasteiger partial charge in [0.25, 0.3) is 11.1 Å². The molecular formula is C24H24ClN3O3S. The standard InChI is InChI=1S/C24H24ClN3O3S/c1-16-13-18(27-11-5-2-6-12-27)10-9-17(16)14-21-23(30)28(24(31)32-21)15-22(29)26-20-8-4-3-7-19(20)25/h3-4,7-10,13-14H,2,5-6,11-12,15H2,1H3,(H,26,29)/b21-14+. The van der Waals surface area contributed by atoms with Crippen molar-refractivity contribution in [2.45, 2.75) is 26.2 Å². The third-order valence-electron chi connectivity index (χ3n) is 5.58. The van der Waals surface area contributed by atoms with Gasteiger partial charge in [0, 0.05) is 18.8 Å². The molecule has 6 nitrogen and oxygen atoms in total. The van der Waals surface area contributed by atoms with E-state index < -0.39 is 17.1 Å². The van der Waals surface area contributed by atoms with Crippen LogP contribution in [-0.2, 0) is 9.59 Å². The van der Waals surface area contributed by atoms with Crippen LogP contribution in [0.25, 0.3) is 6.08 Å². The molecule has 0 bridgehead atoms. The van der Waals surface area contributed by atoms with E-state index in [1.165, 1.54) is 24.9 Å². The first-order valence-electron chi connectivity index (χ1n) is 10.6. The highest BCUT2D eigenvalue weighted by atomic mass is 35.5. The number of carbonyl (C=O) groups excluding carboxylic acids is 3. The summed E-state index contributed by atoms with van der Waals surface area (Å²) in [6.45, 7) is 3.77. The number of para-hydroxylation sites is 1. The van der Waals surface area contributed by atoms with Crippen LogP contribution in [0.5, 0.6) is 0 Å². The van der Waals surface area contributed by atoms with Crippen LogP contribution in [0.15, 0.2) is 47.4 Å². The molecule has 3 amide bonds. The molecule has 2 fully saturated rings. The molecule has 0 saturated carbocycles. The smallest absolute Gasteiger partial charge is 0.294 e. The maximum Gasteiger partial charge on any atom is 0.294 e. The van der Waals surface area contributed by atoms with Gasteiger partial charge in [0.05, 0.1) is 15.6 Å². The van der Waals surface area contributed by atoms with Gasteiger partial charge in [-0.25, -0.2) is 0 Å². The highest BCUT2D eigenvalue weighted by Gasteiger charge is 2.36. The maximum atomic E-state index is 12.8. The number of nitrogens with zero attached hydrogens (tertiary/aromatic N) is 2. The van der Waals surface area contributed by atoms with Crippen molar-refractivity contribution in [2.24, 2.45) is 0 Å². The number of hydrogen-bond donors (Lipinski definition) is 1. The second-order valence-corrected chi connectivity index (χ2v) is 9.28. The van der Waals surface area contributed by atoms with E-state index in [1.807, 2.05) is 13.0 Å². The monoisotopic (exact) mass is 469 g/mol. The Balaban J connectivity index is 1.45. The van der Waals surface area contributed by atoms with Gasteiger partial charge < -0.3 is 10.2 Å². The number of benzene rings is 2. The van der Waals surface area contributed by atoms with Gasteiger partial charge in [-0.3, -0.25) is 19.3 Å². The fraction of sp³-hybridized carbons (Fsp3) is 0.292. The van der Waals surface area contributed by atoms with Gasteiger partial charge in [-0.15, -0.1) is 0 Å². The summed E-state index contributed by atoms with van der Waals surface area (Å²) in [6.07, 6.45) is 5.42. The summed E-state index contributed by atoms with van der Waals surface area (Å²) >= 11 is 6.90. The first-order valence-corrected chi connectivity index (χ1v) is 11.8. The van der Waals surface area contributed by atoms with E-state index in [4.69, 9.17) is 11.6 Å². The number of thioether (sulfide) groups is 1. The van der Waals surface area contributed by atoms with Crippen molar-refractivity contribution in [3.8, 4) is 0 Å². The van der Waals surface area contributed by atoms with E-state index in [0.717, 1.165) is 40.9 Å². The molecule has 0 aliphatic carbocycles. The Kier molecular flexibility index (Phi) is 6.86. The minimum atomic E-state index is -0.483. The highest BCUT2D eigenvalue weighted by molar-refractivity contribution is 8.18. The number of imide groups is 1. The third-order valence-corrected chi connectivity index (χ3v) is 6.82. The van der Waals surface area contributed by atoms with Crippen molar-refractivity contribution in [3.63, 3.8) is 0 Å². The average Bonchev–Trinajstić information content (AvgIpc) is 3.04. The highest BCUT2D eigenvalue weighted by Crippen LogP contribution is 2.33. The van der Waals surface area contributed by atoms with E-state index in [0.29, 0.717) is 15.6 Å². The van der Waals surface area contributed by atoms with Crippen molar-refractivity contribution in [2.75, 3.05) is 29.9 Å². The molecule has 166 valence electrons. The molecule has 2 saturated heterocycles. The Bertz CT molecular complexity index is 1100. The number of anilines is 2. The summed E-state index contributed by atoms with van der Waals surface area (Å²) in [5.74, 6) is -0.947. The largest absolute Gasteiger partial charge is 0.372 e. The number of amides is 3. The molecule has 2 heterocycles. The second-order valence-electron chi connectivity index (χ2n) is 7.88. The number of halogens is 1. The van der Waals surface area contributed by atoms with Crippen LogP contribution >= 0.6 is 23.4 Å². The molecule has 0 radical (unpaired) electrons. The van der Waals surface area contributed by atoms with Crippen molar-refractivity contribution < 1.29 is 14.4 Å². The molecule has 4 rings (SSSR count). The van der Waals surface area contributed by atoms with Crippen LogP contribution in [-0.4, -0.2) is 41.6 Å². The second kappa shape index (κ2) is 9.79. The van der Waals surface area contributed by atoms with E-state index in [1.54, 1.807) is 30.3 Å². The Morgan fingerprint density at radius 1 is 1.12 bits per heavy atom. The Morgan fingerprint density at radius 2 is 1.88 bits per heavy atom. The lowest BCUT2D eigenvalue weighted by atomic mass is 10.0. The minimum absolute atomic E-state index is 0.314. The average molecular weight is 470 g/mol. The van der Waals surface area contributed by atoms with Gasteiger partial charge in [-0.2, -0.15) is 0 Å². The van der Waals surface area contributed by atoms with E-state index in [9.17, 15) is 14.4 Å². The lowest BCUT2D eigenvalue weighted by molar-refractivity contribution is -0.127. The molecule has 2 aliphatic rings. The quantitative estimate of drug-likeness (QED) is 0.600. The first kappa shape index (κ1) is 22.4. The molecule has 2 aromatic rings. The molecule has 2 aliphatic heterocycles. The molecule has 32 heavy (non-hydrogen) atoms. The predicted octanol–water partition coefficient (Wildman–Crippen LogP) is 5.31. The Labute approximate surface area is 196 Å². The zero-order chi connectivity index (χ0) is 22.7. The van der Waals surface area contributed by atoms with Gasteiger partial charge in [0.15, 0.2) is 0 Å². The van der Waals surface area contributed by atoms with Crippen LogP contribution < -0.4 is 10.2 Å². The van der Waals surface area contributed by atoms with E-state index in [-0.39, 0.29) is 6.54 Å². The number of nitrogens with one attached hydrogen (secondary N) is 1. The number of aryl methyl sites for hydroxylation is 1. The van der Waals surface area contributed by atoms with Crippen molar-refractivity contribution in [3.05, 3.63) is 63.5 Å². The summed E-state index contributed by atoms with van der Waals surface area (Å²) in [5.41, 5.74) is 3.54. The van der Waals surface area contributed by atoms with E-state index in [2.05, 4.69) is 22.3 Å². The van der Waals surface area contributed by atoms with Crippen LogP contribution in [0, 0.1) is 6.92 Å². The predicted molar refractivity (Wildman–Crippen MR) is 130 cm³/mol. The molecule has 8 heteroatoms. The van der Waals surface area contributed by atoms with Crippen LogP contribution in [0.1, 0.15) is 30.4 Å². The topological polar surface area (TPSA) is 69.7 Å². The van der Waals surface area contributed by atoms with Crippen molar-refractivity contribution in [1.29, 1.82) is 0 Å². The van der Waals surface area contributed by atoms with Crippen molar-refractivity contribution in [1.82, 2.24) is 4.90 Å². The number of rotatable bonds is 5. The van der Waals surface area contributed by atoms with Gasteiger partial charge >= 0.3 is 0 Å². The summed E-state index contributed by atoms with van der Waals surface area (Å²) < 4.78 is 0. The normalized spacial score (nSPS) is 17.9. The lowest BCUT2D eigenvalue weighted by Crippen LogP contribution is -2.36. The number of piperidine rings is 1. The fourth-order valence-electron chi connectivity index (χ4n) is 3.84. The summed E-state index contributed by atoms with van der Waals surface area (Å²) in [5, 5.41) is 2.57. The molecular weight excluding hydrogens is 446 g/mol. The molecule has 0 unspecified atom stereocenters. The van der Waals surface area contributed by atoms with Gasteiger partial charge in [0.1, 0.15) is 6.54 Å². The van der Waals surface area contributed by atoms with E-state index >= 15 is 0 Å². The summed E-state index contributed by atoms with van der Waals surface area (Å²) in [4.78, 5) is 41.2. The Hall–Kier alpha value is -2.77. The van der Waals surface area contributed by atoms with Crippen molar-refractivity contribution >= 4 is 57.9 Å². The molecule has 1 N–H and O–H groups in total. The third kappa shape index (κ3) is 5.00. The maximum absolute atomic E-state index is 12.8. The molecule has 2 aromatic carbocycles.